The second-order valence-corrected chi connectivity index (χ2v) is 5.51. The fraction of sp³-hybridized carbons (Fsp3) is 0.125. The van der Waals surface area contributed by atoms with E-state index in [1.54, 1.807) is 7.11 Å². The van der Waals surface area contributed by atoms with Gasteiger partial charge >= 0.3 is 119 Å². The summed E-state index contributed by atoms with van der Waals surface area (Å²) in [7, 11) is 1.64. The van der Waals surface area contributed by atoms with Crippen LogP contribution in [0.1, 0.15) is 0 Å². The van der Waals surface area contributed by atoms with Crippen LogP contribution in [-0.4, -0.2) is 28.7 Å². The fourth-order valence-electron chi connectivity index (χ4n) is 1.42. The van der Waals surface area contributed by atoms with E-state index < -0.39 is 0 Å². The molecule has 19 heavy (non-hydrogen) atoms. The maximum absolute atomic E-state index is 5.54. The molecule has 2 nitrogen and oxygen atoms in total. The average molecular weight is 317 g/mol. The maximum atomic E-state index is 5.54. The number of hydrogen-bond acceptors (Lipinski definition) is 2. The Bertz CT molecular complexity index is 570. The Morgan fingerprint density at radius 3 is 2.58 bits per heavy atom. The van der Waals surface area contributed by atoms with Gasteiger partial charge in [0.1, 0.15) is 0 Å². The van der Waals surface area contributed by atoms with Crippen molar-refractivity contribution < 1.29 is 9.47 Å². The van der Waals surface area contributed by atoms with Gasteiger partial charge in [0.2, 0.25) is 0 Å². The van der Waals surface area contributed by atoms with Crippen molar-refractivity contribution in [2.45, 2.75) is 0 Å². The Morgan fingerprint density at radius 2 is 1.79 bits per heavy atom. The summed E-state index contributed by atoms with van der Waals surface area (Å²) < 4.78 is 12.0. The van der Waals surface area contributed by atoms with Crippen molar-refractivity contribution in [3.8, 4) is 22.2 Å². The van der Waals surface area contributed by atoms with Crippen molar-refractivity contribution in [3.05, 3.63) is 54.6 Å². The monoisotopic (exact) mass is 318 g/mol. The fourth-order valence-corrected chi connectivity index (χ4v) is 2.56. The van der Waals surface area contributed by atoms with Crippen LogP contribution in [0.25, 0.3) is 0 Å². The Morgan fingerprint density at radius 1 is 1.00 bits per heavy atom. The Balaban J connectivity index is 1.80. The van der Waals surface area contributed by atoms with Gasteiger partial charge in [-0.1, -0.05) is 0 Å². The van der Waals surface area contributed by atoms with Gasteiger partial charge in [-0.05, 0) is 0 Å². The molecule has 0 aliphatic carbocycles. The molecule has 0 aliphatic heterocycles. The summed E-state index contributed by atoms with van der Waals surface area (Å²) in [4.78, 5) is 3.16. The number of ether oxygens (including phenoxy) is 2. The van der Waals surface area contributed by atoms with Crippen molar-refractivity contribution in [2.24, 2.45) is 0 Å². The van der Waals surface area contributed by atoms with Gasteiger partial charge in [-0.2, -0.15) is 0 Å². The molecule has 2 rings (SSSR count). The van der Waals surface area contributed by atoms with Crippen molar-refractivity contribution >= 4 is 19.4 Å². The van der Waals surface area contributed by atoms with E-state index in [2.05, 4.69) is 22.9 Å². The molecule has 2 aromatic rings. The first-order valence-corrected chi connectivity index (χ1v) is 7.56. The van der Waals surface area contributed by atoms with Crippen LogP contribution >= 0.6 is 0 Å². The van der Waals surface area contributed by atoms with E-state index in [1.807, 2.05) is 42.5 Å². The van der Waals surface area contributed by atoms with Crippen molar-refractivity contribution in [1.29, 1.82) is 0 Å². The average Bonchev–Trinajstić information content (AvgIpc) is 2.48. The van der Waals surface area contributed by atoms with Crippen LogP contribution in [0.3, 0.4) is 0 Å². The first-order valence-electron chi connectivity index (χ1n) is 5.85. The zero-order valence-electron chi connectivity index (χ0n) is 10.6. The number of benzene rings is 2. The molecular weight excluding hydrogens is 303 g/mol. The molecule has 0 fully saturated rings. The second kappa shape index (κ2) is 7.53. The van der Waals surface area contributed by atoms with E-state index in [1.165, 1.54) is 4.46 Å². The molecule has 0 atom stereocenters. The SMILES string of the molecule is COc1cccc(OCC#C[Se]c2ccccc2)c1. The Labute approximate surface area is 119 Å². The number of methoxy groups -OCH3 is 1. The molecule has 0 saturated heterocycles. The van der Waals surface area contributed by atoms with E-state index in [4.69, 9.17) is 9.47 Å². The summed E-state index contributed by atoms with van der Waals surface area (Å²) in [5.41, 5.74) is 0. The standard InChI is InChI=1S/C16H14O2Se/c1-17-14-7-5-8-15(13-14)18-11-6-12-19-16-9-3-2-4-10-16/h2-5,7-10,13H,11H2,1H3. The van der Waals surface area contributed by atoms with E-state index in [0.29, 0.717) is 6.61 Å². The Kier molecular flexibility index (Phi) is 5.37. The van der Waals surface area contributed by atoms with E-state index in [0.717, 1.165) is 11.5 Å². The summed E-state index contributed by atoms with van der Waals surface area (Å²) in [6.07, 6.45) is 0. The third-order valence-electron chi connectivity index (χ3n) is 2.34. The van der Waals surface area contributed by atoms with E-state index in [9.17, 15) is 0 Å². The van der Waals surface area contributed by atoms with Gasteiger partial charge in [-0.25, -0.2) is 0 Å². The summed E-state index contributed by atoms with van der Waals surface area (Å²) >= 11 is 0.193. The van der Waals surface area contributed by atoms with Gasteiger partial charge in [-0.15, -0.1) is 0 Å². The first-order chi connectivity index (χ1) is 9.38. The van der Waals surface area contributed by atoms with Crippen LogP contribution in [0.15, 0.2) is 54.6 Å². The molecule has 0 unspecified atom stereocenters. The van der Waals surface area contributed by atoms with Crippen molar-refractivity contribution in [2.75, 3.05) is 13.7 Å². The van der Waals surface area contributed by atoms with Gasteiger partial charge in [-0.3, -0.25) is 0 Å². The quantitative estimate of drug-likeness (QED) is 0.635. The molecule has 0 N–H and O–H groups in total. The molecule has 96 valence electrons. The molecule has 0 bridgehead atoms. The van der Waals surface area contributed by atoms with E-state index >= 15 is 0 Å². The third kappa shape index (κ3) is 4.71. The van der Waals surface area contributed by atoms with Gasteiger partial charge in [0, 0.05) is 0 Å². The van der Waals surface area contributed by atoms with Crippen LogP contribution in [0.5, 0.6) is 11.5 Å². The zero-order valence-corrected chi connectivity index (χ0v) is 12.3. The molecule has 0 heterocycles. The summed E-state index contributed by atoms with van der Waals surface area (Å²) in [6.45, 7) is 0.405. The second-order valence-electron chi connectivity index (χ2n) is 3.66. The van der Waals surface area contributed by atoms with Crippen LogP contribution in [0.2, 0.25) is 0 Å². The molecule has 0 amide bonds. The topological polar surface area (TPSA) is 18.5 Å². The van der Waals surface area contributed by atoms with Crippen LogP contribution in [0.4, 0.5) is 0 Å². The normalized spacial score (nSPS) is 9.32. The molecule has 2 aromatic carbocycles. The first kappa shape index (κ1) is 13.5. The van der Waals surface area contributed by atoms with Gasteiger partial charge in [0.15, 0.2) is 0 Å². The summed E-state index contributed by atoms with van der Waals surface area (Å²) in [6, 6.07) is 17.8. The number of hydrogen-bond donors (Lipinski definition) is 0. The predicted octanol–water partition coefficient (Wildman–Crippen LogP) is 2.06. The molecule has 0 spiro atoms. The van der Waals surface area contributed by atoms with Crippen molar-refractivity contribution in [3.63, 3.8) is 0 Å². The van der Waals surface area contributed by atoms with Gasteiger partial charge in [0.05, 0.1) is 0 Å². The minimum atomic E-state index is 0.193. The predicted molar refractivity (Wildman–Crippen MR) is 78.1 cm³/mol. The van der Waals surface area contributed by atoms with Crippen molar-refractivity contribution in [1.82, 2.24) is 0 Å². The summed E-state index contributed by atoms with van der Waals surface area (Å²) in [5.74, 6) is 4.60. The molecular formula is C16H14O2Se. The third-order valence-corrected chi connectivity index (χ3v) is 3.92. The molecule has 0 aromatic heterocycles. The molecule has 3 heteroatoms. The minimum absolute atomic E-state index is 0.193. The Hall–Kier alpha value is -1.88. The zero-order chi connectivity index (χ0) is 13.3. The number of rotatable bonds is 4. The van der Waals surface area contributed by atoms with E-state index in [-0.39, 0.29) is 15.0 Å². The molecule has 0 aliphatic rings. The van der Waals surface area contributed by atoms with Crippen LogP contribution in [0, 0.1) is 10.7 Å². The summed E-state index contributed by atoms with van der Waals surface area (Å²) in [5, 5.41) is 0. The van der Waals surface area contributed by atoms with Crippen LogP contribution in [-0.2, 0) is 0 Å². The molecule has 0 radical (unpaired) electrons. The van der Waals surface area contributed by atoms with Crippen LogP contribution < -0.4 is 13.9 Å². The van der Waals surface area contributed by atoms with Gasteiger partial charge in [0.25, 0.3) is 0 Å². The van der Waals surface area contributed by atoms with Gasteiger partial charge < -0.3 is 0 Å². The molecule has 0 saturated carbocycles.